The average molecular weight is 421 g/mol. The van der Waals surface area contributed by atoms with Crippen LogP contribution in [0.4, 0.5) is 0 Å². The Morgan fingerprint density at radius 1 is 1.17 bits per heavy atom. The number of carbonyl (C=O) groups excluding carboxylic acids is 1. The van der Waals surface area contributed by atoms with Crippen molar-refractivity contribution in [2.24, 2.45) is 4.99 Å². The minimum Gasteiger partial charge on any atom is -0.373 e. The van der Waals surface area contributed by atoms with Gasteiger partial charge in [-0.1, -0.05) is 36.4 Å². The third kappa shape index (κ3) is 4.93. The van der Waals surface area contributed by atoms with Crippen molar-refractivity contribution < 1.29 is 9.53 Å². The van der Waals surface area contributed by atoms with E-state index in [1.54, 1.807) is 11.3 Å². The molecule has 1 atom stereocenters. The topological polar surface area (TPSA) is 75.6 Å². The molecule has 1 amide bonds. The van der Waals surface area contributed by atoms with Crippen LogP contribution >= 0.6 is 11.3 Å². The molecule has 0 radical (unpaired) electrons. The Kier molecular flexibility index (Phi) is 5.65. The van der Waals surface area contributed by atoms with Gasteiger partial charge in [0.05, 0.1) is 27.9 Å². The van der Waals surface area contributed by atoms with E-state index in [0.717, 1.165) is 21.3 Å². The van der Waals surface area contributed by atoms with Gasteiger partial charge in [0, 0.05) is 0 Å². The van der Waals surface area contributed by atoms with Gasteiger partial charge in [0.2, 0.25) is 5.96 Å². The maximum atomic E-state index is 12.5. The van der Waals surface area contributed by atoms with Gasteiger partial charge in [-0.25, -0.2) is 9.98 Å². The van der Waals surface area contributed by atoms with Crippen LogP contribution in [0.3, 0.4) is 0 Å². The van der Waals surface area contributed by atoms with Gasteiger partial charge >= 0.3 is 0 Å². The summed E-state index contributed by atoms with van der Waals surface area (Å²) in [6, 6.07) is 15.6. The molecule has 1 fully saturated rings. The van der Waals surface area contributed by atoms with Crippen LogP contribution in [0.2, 0.25) is 0 Å². The fraction of sp³-hybridized carbons (Fsp3) is 0.261. The molecule has 0 saturated carbocycles. The molecule has 154 valence electrons. The number of ether oxygens (including phenoxy) is 1. The third-order valence-corrected chi connectivity index (χ3v) is 5.33. The molecule has 6 nitrogen and oxygen atoms in total. The van der Waals surface area contributed by atoms with E-state index in [1.165, 1.54) is 0 Å². The molecular formula is C23H24N4O2S. The summed E-state index contributed by atoms with van der Waals surface area (Å²) in [6.45, 7) is 6.45. The van der Waals surface area contributed by atoms with Crippen molar-refractivity contribution in [2.45, 2.75) is 32.4 Å². The maximum Gasteiger partial charge on any atom is 0.274 e. The summed E-state index contributed by atoms with van der Waals surface area (Å²) >= 11 is 1.58. The molecule has 3 aromatic rings. The molecular weight excluding hydrogens is 396 g/mol. The van der Waals surface area contributed by atoms with E-state index in [9.17, 15) is 4.79 Å². The first-order valence-electron chi connectivity index (χ1n) is 9.77. The number of guanidine groups is 1. The van der Waals surface area contributed by atoms with Crippen molar-refractivity contribution in [1.29, 1.82) is 0 Å². The lowest BCUT2D eigenvalue weighted by Gasteiger charge is -2.23. The van der Waals surface area contributed by atoms with Crippen molar-refractivity contribution in [3.8, 4) is 0 Å². The quantitative estimate of drug-likeness (QED) is 0.605. The number of amides is 1. The van der Waals surface area contributed by atoms with Crippen LogP contribution in [0, 0.1) is 0 Å². The van der Waals surface area contributed by atoms with Crippen LogP contribution in [0.25, 0.3) is 16.3 Å². The number of hydrogen-bond donors (Lipinski definition) is 2. The van der Waals surface area contributed by atoms with Crippen LogP contribution in [0.5, 0.6) is 0 Å². The molecule has 4 rings (SSSR count). The van der Waals surface area contributed by atoms with E-state index >= 15 is 0 Å². The molecule has 0 bridgehead atoms. The molecule has 1 aromatic heterocycles. The van der Waals surface area contributed by atoms with Gasteiger partial charge in [-0.3, -0.25) is 10.1 Å². The van der Waals surface area contributed by atoms with Gasteiger partial charge in [-0.15, -0.1) is 11.3 Å². The van der Waals surface area contributed by atoms with E-state index in [-0.39, 0.29) is 17.6 Å². The average Bonchev–Trinajstić information content (AvgIpc) is 3.31. The molecule has 0 aliphatic carbocycles. The summed E-state index contributed by atoms with van der Waals surface area (Å²) < 4.78 is 7.06. The number of nitrogens with one attached hydrogen (secondary N) is 2. The molecule has 2 aromatic carbocycles. The highest BCUT2D eigenvalue weighted by molar-refractivity contribution is 7.16. The molecule has 1 aliphatic rings. The van der Waals surface area contributed by atoms with Crippen LogP contribution in [0.1, 0.15) is 37.9 Å². The largest absolute Gasteiger partial charge is 0.373 e. The predicted octanol–water partition coefficient (Wildman–Crippen LogP) is 4.27. The Labute approximate surface area is 179 Å². The highest BCUT2D eigenvalue weighted by Crippen LogP contribution is 2.23. The second-order valence-corrected chi connectivity index (χ2v) is 8.93. The lowest BCUT2D eigenvalue weighted by molar-refractivity contribution is -0.115. The number of thiazole rings is 1. The summed E-state index contributed by atoms with van der Waals surface area (Å²) in [5.74, 6) is 0.221. The van der Waals surface area contributed by atoms with E-state index in [4.69, 9.17) is 9.73 Å². The first kappa shape index (κ1) is 20.3. The van der Waals surface area contributed by atoms with Gasteiger partial charge in [0.25, 0.3) is 5.91 Å². The molecule has 2 heterocycles. The van der Waals surface area contributed by atoms with Gasteiger partial charge in [0.15, 0.2) is 0 Å². The fourth-order valence-electron chi connectivity index (χ4n) is 3.05. The number of rotatable bonds is 5. The zero-order chi connectivity index (χ0) is 21.1. The van der Waals surface area contributed by atoms with Crippen molar-refractivity contribution in [1.82, 2.24) is 15.6 Å². The number of carbonyl (C=O) groups is 1. The van der Waals surface area contributed by atoms with E-state index < -0.39 is 0 Å². The van der Waals surface area contributed by atoms with Crippen molar-refractivity contribution in [3.63, 3.8) is 0 Å². The predicted molar refractivity (Wildman–Crippen MR) is 121 cm³/mol. The summed E-state index contributed by atoms with van der Waals surface area (Å²) in [5, 5.41) is 5.93. The Morgan fingerprint density at radius 3 is 2.73 bits per heavy atom. The van der Waals surface area contributed by atoms with E-state index in [1.807, 2.05) is 80.9 Å². The van der Waals surface area contributed by atoms with Crippen molar-refractivity contribution >= 4 is 39.5 Å². The standard InChI is InChI=1S/C23H24N4O2S/c1-23(2,3)29-13-19(16-7-5-4-6-8-16)26-22-25-18(21(28)27-22)11-15-9-10-17-20(12-15)30-14-24-17/h4-12,14,19H,13H2,1-3H3,(H2,25,26,27,28)/b18-11-/t19-/m0/s1. The van der Waals surface area contributed by atoms with Crippen LogP contribution in [-0.4, -0.2) is 29.1 Å². The highest BCUT2D eigenvalue weighted by atomic mass is 32.1. The first-order valence-corrected chi connectivity index (χ1v) is 10.7. The number of fused-ring (bicyclic) bond motifs is 1. The molecule has 0 unspecified atom stereocenters. The Morgan fingerprint density at radius 2 is 1.97 bits per heavy atom. The second kappa shape index (κ2) is 8.38. The zero-order valence-electron chi connectivity index (χ0n) is 17.2. The van der Waals surface area contributed by atoms with Gasteiger partial charge in [0.1, 0.15) is 11.7 Å². The van der Waals surface area contributed by atoms with Crippen molar-refractivity contribution in [3.05, 3.63) is 70.9 Å². The number of hydrogen-bond acceptors (Lipinski definition) is 5. The molecule has 0 spiro atoms. The van der Waals surface area contributed by atoms with Crippen molar-refractivity contribution in [2.75, 3.05) is 6.61 Å². The second-order valence-electron chi connectivity index (χ2n) is 8.04. The van der Waals surface area contributed by atoms with Crippen LogP contribution in [-0.2, 0) is 9.53 Å². The van der Waals surface area contributed by atoms with Gasteiger partial charge in [-0.2, -0.15) is 0 Å². The minimum atomic E-state index is -0.278. The third-order valence-electron chi connectivity index (χ3n) is 4.54. The molecule has 1 aliphatic heterocycles. The Balaban J connectivity index is 1.56. The molecule has 1 saturated heterocycles. The number of benzene rings is 2. The monoisotopic (exact) mass is 420 g/mol. The van der Waals surface area contributed by atoms with E-state index in [2.05, 4.69) is 15.6 Å². The smallest absolute Gasteiger partial charge is 0.274 e. The Bertz CT molecular complexity index is 1110. The number of aliphatic imine (C=N–C) groups is 1. The zero-order valence-corrected chi connectivity index (χ0v) is 18.0. The fourth-order valence-corrected chi connectivity index (χ4v) is 3.78. The SMILES string of the molecule is CC(C)(C)OC[C@H](N=C1NC(=O)/C(=C/c2ccc3ncsc3c2)N1)c1ccccc1. The Hall–Kier alpha value is -3.03. The van der Waals surface area contributed by atoms with Gasteiger partial charge < -0.3 is 10.1 Å². The lowest BCUT2D eigenvalue weighted by Crippen LogP contribution is -2.28. The van der Waals surface area contributed by atoms with E-state index in [0.29, 0.717) is 18.3 Å². The van der Waals surface area contributed by atoms with Crippen LogP contribution < -0.4 is 10.6 Å². The number of aromatic nitrogens is 1. The maximum absolute atomic E-state index is 12.5. The summed E-state index contributed by atoms with van der Waals surface area (Å²) in [6.07, 6.45) is 1.82. The number of nitrogens with zero attached hydrogens (tertiary/aromatic N) is 2. The molecule has 30 heavy (non-hydrogen) atoms. The molecule has 7 heteroatoms. The van der Waals surface area contributed by atoms with Gasteiger partial charge in [-0.05, 0) is 50.1 Å². The summed E-state index contributed by atoms with van der Waals surface area (Å²) in [5.41, 5.74) is 4.91. The first-order chi connectivity index (χ1) is 14.4. The minimum absolute atomic E-state index is 0.207. The summed E-state index contributed by atoms with van der Waals surface area (Å²) in [4.78, 5) is 21.5. The molecule has 2 N–H and O–H groups in total. The highest BCUT2D eigenvalue weighted by Gasteiger charge is 2.24. The normalized spacial score (nSPS) is 18.0. The van der Waals surface area contributed by atoms with Crippen LogP contribution in [0.15, 0.2) is 64.7 Å². The lowest BCUT2D eigenvalue weighted by atomic mass is 10.1. The summed E-state index contributed by atoms with van der Waals surface area (Å²) in [7, 11) is 0.